The van der Waals surface area contributed by atoms with Crippen LogP contribution in [-0.4, -0.2) is 55.3 Å². The van der Waals surface area contributed by atoms with Crippen molar-refractivity contribution in [3.63, 3.8) is 0 Å². The van der Waals surface area contributed by atoms with Crippen LogP contribution in [0.5, 0.6) is 0 Å². The lowest BCUT2D eigenvalue weighted by atomic mass is 10.2. The van der Waals surface area contributed by atoms with Gasteiger partial charge in [-0.2, -0.15) is 4.98 Å². The van der Waals surface area contributed by atoms with E-state index in [1.54, 1.807) is 13.2 Å². The van der Waals surface area contributed by atoms with Crippen molar-refractivity contribution in [2.75, 3.05) is 43.6 Å². The van der Waals surface area contributed by atoms with Gasteiger partial charge in [-0.15, -0.1) is 0 Å². The fourth-order valence-corrected chi connectivity index (χ4v) is 2.09. The van der Waals surface area contributed by atoms with Gasteiger partial charge in [0, 0.05) is 26.3 Å². The van der Waals surface area contributed by atoms with Crippen molar-refractivity contribution in [2.45, 2.75) is 19.4 Å². The molecule has 1 aromatic heterocycles. The number of nitrogens with one attached hydrogen (secondary N) is 2. The van der Waals surface area contributed by atoms with Crippen molar-refractivity contribution < 1.29 is 9.53 Å². The van der Waals surface area contributed by atoms with Crippen LogP contribution in [0.1, 0.15) is 13.3 Å². The SMILES string of the molecule is CCCNc1nccc(N2CCOCC2C(=O)NC)n1. The van der Waals surface area contributed by atoms with Gasteiger partial charge in [0.15, 0.2) is 0 Å². The first kappa shape index (κ1) is 14.5. The Kier molecular flexibility index (Phi) is 5.11. The smallest absolute Gasteiger partial charge is 0.244 e. The van der Waals surface area contributed by atoms with Crippen molar-refractivity contribution >= 4 is 17.7 Å². The van der Waals surface area contributed by atoms with Crippen LogP contribution in [0.4, 0.5) is 11.8 Å². The Labute approximate surface area is 118 Å². The number of morpholine rings is 1. The van der Waals surface area contributed by atoms with Crippen LogP contribution in [0.15, 0.2) is 12.3 Å². The number of amides is 1. The quantitative estimate of drug-likeness (QED) is 0.804. The number of hydrogen-bond donors (Lipinski definition) is 2. The average molecular weight is 279 g/mol. The lowest BCUT2D eigenvalue weighted by molar-refractivity contribution is -0.124. The zero-order chi connectivity index (χ0) is 14.4. The summed E-state index contributed by atoms with van der Waals surface area (Å²) in [6.07, 6.45) is 2.71. The summed E-state index contributed by atoms with van der Waals surface area (Å²) < 4.78 is 5.39. The standard InChI is InChI=1S/C13H21N5O2/c1-3-5-15-13-16-6-4-11(17-13)18-7-8-20-9-10(18)12(19)14-2/h4,6,10H,3,5,7-9H2,1-2H3,(H,14,19)(H,15,16,17). The van der Waals surface area contributed by atoms with E-state index >= 15 is 0 Å². The fraction of sp³-hybridized carbons (Fsp3) is 0.615. The molecule has 1 amide bonds. The van der Waals surface area contributed by atoms with Gasteiger partial charge < -0.3 is 20.3 Å². The molecule has 0 radical (unpaired) electrons. The van der Waals surface area contributed by atoms with Crippen molar-refractivity contribution in [2.24, 2.45) is 0 Å². The van der Waals surface area contributed by atoms with Gasteiger partial charge in [0.05, 0.1) is 13.2 Å². The molecule has 1 aliphatic rings. The summed E-state index contributed by atoms with van der Waals surface area (Å²) >= 11 is 0. The second-order valence-corrected chi connectivity index (χ2v) is 4.56. The predicted molar refractivity (Wildman–Crippen MR) is 76.8 cm³/mol. The fourth-order valence-electron chi connectivity index (χ4n) is 2.09. The maximum atomic E-state index is 11.9. The van der Waals surface area contributed by atoms with Crippen LogP contribution < -0.4 is 15.5 Å². The molecule has 0 spiro atoms. The maximum absolute atomic E-state index is 11.9. The molecule has 1 unspecified atom stereocenters. The van der Waals surface area contributed by atoms with Crippen LogP contribution in [0, 0.1) is 0 Å². The van der Waals surface area contributed by atoms with Crippen molar-refractivity contribution in [3.8, 4) is 0 Å². The molecule has 1 fully saturated rings. The summed E-state index contributed by atoms with van der Waals surface area (Å²) in [6.45, 7) is 4.52. The molecule has 7 heteroatoms. The highest BCUT2D eigenvalue weighted by Crippen LogP contribution is 2.18. The van der Waals surface area contributed by atoms with Crippen LogP contribution in [-0.2, 0) is 9.53 Å². The summed E-state index contributed by atoms with van der Waals surface area (Å²) in [5.74, 6) is 1.27. The highest BCUT2D eigenvalue weighted by molar-refractivity contribution is 5.85. The number of nitrogens with zero attached hydrogens (tertiary/aromatic N) is 3. The van der Waals surface area contributed by atoms with E-state index in [-0.39, 0.29) is 11.9 Å². The molecule has 2 rings (SSSR count). The van der Waals surface area contributed by atoms with E-state index in [1.807, 2.05) is 11.0 Å². The summed E-state index contributed by atoms with van der Waals surface area (Å²) in [5.41, 5.74) is 0. The van der Waals surface area contributed by atoms with Crippen LogP contribution in [0.3, 0.4) is 0 Å². The largest absolute Gasteiger partial charge is 0.377 e. The number of aromatic nitrogens is 2. The molecule has 1 atom stereocenters. The van der Waals surface area contributed by atoms with E-state index in [0.717, 1.165) is 18.8 Å². The third kappa shape index (κ3) is 3.36. The zero-order valence-electron chi connectivity index (χ0n) is 11.9. The highest BCUT2D eigenvalue weighted by Gasteiger charge is 2.29. The van der Waals surface area contributed by atoms with Crippen molar-refractivity contribution in [1.82, 2.24) is 15.3 Å². The van der Waals surface area contributed by atoms with E-state index < -0.39 is 0 Å². The number of anilines is 2. The number of ether oxygens (including phenoxy) is 1. The Morgan fingerprint density at radius 2 is 2.45 bits per heavy atom. The average Bonchev–Trinajstić information content (AvgIpc) is 2.52. The summed E-state index contributed by atoms with van der Waals surface area (Å²) in [6, 6.07) is 1.47. The minimum atomic E-state index is -0.345. The molecule has 0 aromatic carbocycles. The minimum Gasteiger partial charge on any atom is -0.377 e. The molecule has 0 bridgehead atoms. The van der Waals surface area contributed by atoms with Crippen LogP contribution >= 0.6 is 0 Å². The molecule has 1 saturated heterocycles. The van der Waals surface area contributed by atoms with E-state index in [9.17, 15) is 4.79 Å². The molecule has 0 saturated carbocycles. The molecule has 7 nitrogen and oxygen atoms in total. The molecule has 1 aliphatic heterocycles. The van der Waals surface area contributed by atoms with Gasteiger partial charge in [-0.25, -0.2) is 4.98 Å². The van der Waals surface area contributed by atoms with Gasteiger partial charge in [0.1, 0.15) is 11.9 Å². The Balaban J connectivity index is 2.16. The molecule has 2 N–H and O–H groups in total. The number of rotatable bonds is 5. The van der Waals surface area contributed by atoms with Gasteiger partial charge >= 0.3 is 0 Å². The number of carbonyl (C=O) groups excluding carboxylic acids is 1. The lowest BCUT2D eigenvalue weighted by Gasteiger charge is -2.35. The Bertz CT molecular complexity index is 454. The Morgan fingerprint density at radius 1 is 1.60 bits per heavy atom. The minimum absolute atomic E-state index is 0.0635. The monoisotopic (exact) mass is 279 g/mol. The Hall–Kier alpha value is -1.89. The van der Waals surface area contributed by atoms with Crippen molar-refractivity contribution in [1.29, 1.82) is 0 Å². The van der Waals surface area contributed by atoms with Crippen molar-refractivity contribution in [3.05, 3.63) is 12.3 Å². The first-order chi connectivity index (χ1) is 9.76. The maximum Gasteiger partial charge on any atom is 0.244 e. The van der Waals surface area contributed by atoms with Gasteiger partial charge in [-0.3, -0.25) is 4.79 Å². The molecule has 20 heavy (non-hydrogen) atoms. The third-order valence-corrected chi connectivity index (χ3v) is 3.15. The molecular weight excluding hydrogens is 258 g/mol. The molecule has 1 aromatic rings. The van der Waals surface area contributed by atoms with E-state index in [2.05, 4.69) is 27.5 Å². The molecule has 0 aliphatic carbocycles. The normalized spacial score (nSPS) is 18.7. The molecule has 110 valence electrons. The van der Waals surface area contributed by atoms with E-state index in [1.165, 1.54) is 0 Å². The Morgan fingerprint density at radius 3 is 3.20 bits per heavy atom. The highest BCUT2D eigenvalue weighted by atomic mass is 16.5. The third-order valence-electron chi connectivity index (χ3n) is 3.15. The number of hydrogen-bond acceptors (Lipinski definition) is 6. The second kappa shape index (κ2) is 7.04. The van der Waals surface area contributed by atoms with Crippen LogP contribution in [0.25, 0.3) is 0 Å². The number of carbonyl (C=O) groups is 1. The van der Waals surface area contributed by atoms with Gasteiger partial charge in [0.2, 0.25) is 11.9 Å². The predicted octanol–water partition coefficient (Wildman–Crippen LogP) is 0.250. The second-order valence-electron chi connectivity index (χ2n) is 4.56. The molecule has 2 heterocycles. The summed E-state index contributed by atoms with van der Waals surface area (Å²) in [4.78, 5) is 22.5. The number of likely N-dealkylation sites (N-methyl/N-ethyl adjacent to an activating group) is 1. The summed E-state index contributed by atoms with van der Waals surface area (Å²) in [5, 5.41) is 5.81. The lowest BCUT2D eigenvalue weighted by Crippen LogP contribution is -2.53. The van der Waals surface area contributed by atoms with Gasteiger partial charge in [-0.1, -0.05) is 6.92 Å². The van der Waals surface area contributed by atoms with Crippen LogP contribution in [0.2, 0.25) is 0 Å². The van der Waals surface area contributed by atoms with E-state index in [0.29, 0.717) is 25.7 Å². The molecular formula is C13H21N5O2. The van der Waals surface area contributed by atoms with E-state index in [4.69, 9.17) is 4.74 Å². The van der Waals surface area contributed by atoms with Gasteiger partial charge in [0.25, 0.3) is 0 Å². The van der Waals surface area contributed by atoms with Gasteiger partial charge in [-0.05, 0) is 12.5 Å². The zero-order valence-corrected chi connectivity index (χ0v) is 11.9. The summed E-state index contributed by atoms with van der Waals surface area (Å²) in [7, 11) is 1.63. The first-order valence-electron chi connectivity index (χ1n) is 6.89. The first-order valence-corrected chi connectivity index (χ1v) is 6.89. The topological polar surface area (TPSA) is 79.4 Å².